The zero-order valence-electron chi connectivity index (χ0n) is 17.3. The summed E-state index contributed by atoms with van der Waals surface area (Å²) in [5.74, 6) is -5.64. The van der Waals surface area contributed by atoms with E-state index in [1.54, 1.807) is 4.90 Å². The van der Waals surface area contributed by atoms with Crippen molar-refractivity contribution in [1.82, 2.24) is 20.3 Å². The first-order chi connectivity index (χ1) is 14.9. The van der Waals surface area contributed by atoms with Gasteiger partial charge in [-0.25, -0.2) is 23.7 Å². The molecule has 4 rings (SSSR count). The number of hydrogen-bond acceptors (Lipinski definition) is 6. The number of amides is 1. The number of alkyl halides is 5. The van der Waals surface area contributed by atoms with E-state index in [1.807, 2.05) is 6.92 Å². The fourth-order valence-corrected chi connectivity index (χ4v) is 4.04. The molecule has 12 heteroatoms. The summed E-state index contributed by atoms with van der Waals surface area (Å²) >= 11 is 0. The standard InChI is InChI=1S/C20H21F5N6O/c1-10-8-31(4-3-26-10)14-6-11(20(23,24)25)5-13(29-14)17-16-12(19(2,21)22)7-15(32)30-18(16)28-9-27-17/h5-6,9-10,12,26H,3-4,7-8H2,1-2H3,(H,27,28,30,32)/t10-,12+/m0/s1. The molecule has 2 aliphatic heterocycles. The van der Waals surface area contributed by atoms with Crippen molar-refractivity contribution in [3.8, 4) is 11.4 Å². The van der Waals surface area contributed by atoms with E-state index in [1.165, 1.54) is 0 Å². The molecule has 172 valence electrons. The monoisotopic (exact) mass is 456 g/mol. The zero-order valence-corrected chi connectivity index (χ0v) is 17.3. The van der Waals surface area contributed by atoms with Crippen molar-refractivity contribution in [2.75, 3.05) is 29.9 Å². The van der Waals surface area contributed by atoms with Gasteiger partial charge in [0.25, 0.3) is 5.92 Å². The first-order valence-corrected chi connectivity index (χ1v) is 10.0. The van der Waals surface area contributed by atoms with Crippen LogP contribution in [0.4, 0.5) is 33.6 Å². The lowest BCUT2D eigenvalue weighted by molar-refractivity contribution is -0.137. The Morgan fingerprint density at radius 3 is 2.56 bits per heavy atom. The number of halogens is 5. The number of nitrogens with one attached hydrogen (secondary N) is 2. The lowest BCUT2D eigenvalue weighted by atomic mass is 9.85. The third-order valence-corrected chi connectivity index (χ3v) is 5.57. The molecule has 2 aromatic heterocycles. The zero-order chi connectivity index (χ0) is 23.3. The van der Waals surface area contributed by atoms with Crippen LogP contribution in [-0.2, 0) is 11.0 Å². The number of hydrogen-bond donors (Lipinski definition) is 2. The average molecular weight is 456 g/mol. The molecule has 0 spiro atoms. The number of nitrogens with zero attached hydrogens (tertiary/aromatic N) is 4. The van der Waals surface area contributed by atoms with Gasteiger partial charge in [-0.2, -0.15) is 13.2 Å². The van der Waals surface area contributed by atoms with Gasteiger partial charge in [0.15, 0.2) is 0 Å². The molecule has 2 aromatic rings. The van der Waals surface area contributed by atoms with Crippen LogP contribution in [-0.4, -0.2) is 52.5 Å². The molecular formula is C20H21F5N6O. The van der Waals surface area contributed by atoms with Gasteiger partial charge in [-0.1, -0.05) is 0 Å². The Morgan fingerprint density at radius 1 is 1.16 bits per heavy atom. The van der Waals surface area contributed by atoms with E-state index in [4.69, 9.17) is 0 Å². The Labute approximate surface area is 180 Å². The molecular weight excluding hydrogens is 435 g/mol. The number of piperazine rings is 1. The minimum absolute atomic E-state index is 0.0359. The first kappa shape index (κ1) is 22.3. The summed E-state index contributed by atoms with van der Waals surface area (Å²) in [6.07, 6.45) is -4.21. The van der Waals surface area contributed by atoms with E-state index in [-0.39, 0.29) is 34.6 Å². The quantitative estimate of drug-likeness (QED) is 0.689. The van der Waals surface area contributed by atoms with Gasteiger partial charge in [0, 0.05) is 37.7 Å². The van der Waals surface area contributed by atoms with E-state index in [9.17, 15) is 26.7 Å². The maximum Gasteiger partial charge on any atom is 0.416 e. The molecule has 2 aliphatic rings. The van der Waals surface area contributed by atoms with Gasteiger partial charge in [0.05, 0.1) is 22.9 Å². The molecule has 0 aromatic carbocycles. The van der Waals surface area contributed by atoms with E-state index in [0.29, 0.717) is 26.6 Å². The summed E-state index contributed by atoms with van der Waals surface area (Å²) in [7, 11) is 0. The Hall–Kier alpha value is -2.89. The van der Waals surface area contributed by atoms with Gasteiger partial charge >= 0.3 is 6.18 Å². The van der Waals surface area contributed by atoms with Crippen molar-refractivity contribution in [2.45, 2.75) is 44.3 Å². The Balaban J connectivity index is 1.90. The molecule has 0 bridgehead atoms. The molecule has 0 radical (unpaired) electrons. The van der Waals surface area contributed by atoms with Gasteiger partial charge in [-0.05, 0) is 26.0 Å². The van der Waals surface area contributed by atoms with E-state index < -0.39 is 35.9 Å². The number of anilines is 2. The van der Waals surface area contributed by atoms with Crippen LogP contribution < -0.4 is 15.5 Å². The van der Waals surface area contributed by atoms with E-state index in [2.05, 4.69) is 25.6 Å². The van der Waals surface area contributed by atoms with Crippen molar-refractivity contribution >= 4 is 17.5 Å². The van der Waals surface area contributed by atoms with Crippen LogP contribution in [0.5, 0.6) is 0 Å². The Bertz CT molecular complexity index is 1040. The third kappa shape index (κ3) is 4.36. The number of pyridine rings is 1. The number of carbonyl (C=O) groups excluding carboxylic acids is 1. The summed E-state index contributed by atoms with van der Waals surface area (Å²) in [4.78, 5) is 25.9. The van der Waals surface area contributed by atoms with Crippen molar-refractivity contribution in [3.05, 3.63) is 29.6 Å². The highest BCUT2D eigenvalue weighted by Crippen LogP contribution is 2.45. The molecule has 1 amide bonds. The second-order valence-corrected chi connectivity index (χ2v) is 8.14. The fraction of sp³-hybridized carbons (Fsp3) is 0.500. The summed E-state index contributed by atoms with van der Waals surface area (Å²) < 4.78 is 69.9. The second-order valence-electron chi connectivity index (χ2n) is 8.14. The maximum absolute atomic E-state index is 14.4. The van der Waals surface area contributed by atoms with Crippen molar-refractivity contribution in [2.24, 2.45) is 0 Å². The Morgan fingerprint density at radius 2 is 1.91 bits per heavy atom. The van der Waals surface area contributed by atoms with E-state index in [0.717, 1.165) is 18.5 Å². The molecule has 4 heterocycles. The Kier molecular flexibility index (Phi) is 5.51. The van der Waals surface area contributed by atoms with Crippen molar-refractivity contribution in [3.63, 3.8) is 0 Å². The van der Waals surface area contributed by atoms with Crippen LogP contribution in [0, 0.1) is 0 Å². The van der Waals surface area contributed by atoms with Crippen molar-refractivity contribution in [1.29, 1.82) is 0 Å². The van der Waals surface area contributed by atoms with Crippen LogP contribution in [0.15, 0.2) is 18.5 Å². The second kappa shape index (κ2) is 7.91. The molecule has 1 saturated heterocycles. The highest BCUT2D eigenvalue weighted by atomic mass is 19.4. The molecule has 32 heavy (non-hydrogen) atoms. The average Bonchev–Trinajstić information content (AvgIpc) is 2.71. The number of rotatable bonds is 3. The molecule has 2 N–H and O–H groups in total. The third-order valence-electron chi connectivity index (χ3n) is 5.57. The molecule has 2 atom stereocenters. The summed E-state index contributed by atoms with van der Waals surface area (Å²) in [6.45, 7) is 3.99. The van der Waals surface area contributed by atoms with E-state index >= 15 is 0 Å². The van der Waals surface area contributed by atoms with Crippen LogP contribution in [0.1, 0.15) is 37.3 Å². The number of carbonyl (C=O) groups is 1. The normalized spacial score (nSPS) is 21.8. The minimum Gasteiger partial charge on any atom is -0.354 e. The minimum atomic E-state index is -4.68. The first-order valence-electron chi connectivity index (χ1n) is 10.0. The lowest BCUT2D eigenvalue weighted by Gasteiger charge is -2.33. The van der Waals surface area contributed by atoms with Crippen LogP contribution >= 0.6 is 0 Å². The van der Waals surface area contributed by atoms with Gasteiger partial charge in [-0.3, -0.25) is 4.79 Å². The van der Waals surface area contributed by atoms with Gasteiger partial charge in [0.1, 0.15) is 18.0 Å². The van der Waals surface area contributed by atoms with Crippen molar-refractivity contribution < 1.29 is 26.7 Å². The predicted octanol–water partition coefficient (Wildman–Crippen LogP) is 3.44. The number of aromatic nitrogens is 3. The highest BCUT2D eigenvalue weighted by Gasteiger charge is 2.44. The largest absolute Gasteiger partial charge is 0.416 e. The maximum atomic E-state index is 14.4. The van der Waals surface area contributed by atoms with Crippen LogP contribution in [0.2, 0.25) is 0 Å². The fourth-order valence-electron chi connectivity index (χ4n) is 4.04. The van der Waals surface area contributed by atoms with Crippen LogP contribution in [0.25, 0.3) is 11.4 Å². The van der Waals surface area contributed by atoms with Gasteiger partial charge in [-0.15, -0.1) is 0 Å². The molecule has 1 fully saturated rings. The van der Waals surface area contributed by atoms with Crippen LogP contribution in [0.3, 0.4) is 0 Å². The number of fused-ring (bicyclic) bond motifs is 1. The lowest BCUT2D eigenvalue weighted by Crippen LogP contribution is -2.49. The highest BCUT2D eigenvalue weighted by molar-refractivity contribution is 5.95. The summed E-state index contributed by atoms with van der Waals surface area (Å²) in [5, 5.41) is 5.61. The summed E-state index contributed by atoms with van der Waals surface area (Å²) in [6, 6.07) is 1.77. The molecule has 7 nitrogen and oxygen atoms in total. The molecule has 0 saturated carbocycles. The SMILES string of the molecule is C[C@H]1CN(c2cc(C(F)(F)F)cc(-c3ncnc4c3[C@H](C(C)(F)F)CC(=O)N4)n2)CCN1. The molecule has 0 aliphatic carbocycles. The van der Waals surface area contributed by atoms with Gasteiger partial charge < -0.3 is 15.5 Å². The van der Waals surface area contributed by atoms with Gasteiger partial charge in [0.2, 0.25) is 5.91 Å². The summed E-state index contributed by atoms with van der Waals surface area (Å²) in [5.41, 5.74) is -1.44. The predicted molar refractivity (Wildman–Crippen MR) is 107 cm³/mol. The molecule has 0 unspecified atom stereocenters. The smallest absolute Gasteiger partial charge is 0.354 e. The topological polar surface area (TPSA) is 83.0 Å².